The minimum Gasteiger partial charge on any atom is -0.388 e. The van der Waals surface area contributed by atoms with Gasteiger partial charge in [0.15, 0.2) is 0 Å². The zero-order valence-corrected chi connectivity index (χ0v) is 8.69. The first-order chi connectivity index (χ1) is 6.79. The lowest BCUT2D eigenvalue weighted by Gasteiger charge is -2.19. The lowest BCUT2D eigenvalue weighted by atomic mass is 9.92. The van der Waals surface area contributed by atoms with E-state index in [4.69, 9.17) is 0 Å². The molecule has 1 heteroatoms. The predicted molar refractivity (Wildman–Crippen MR) is 60.0 cm³/mol. The van der Waals surface area contributed by atoms with Crippen LogP contribution < -0.4 is 0 Å². The lowest BCUT2D eigenvalue weighted by molar-refractivity contribution is 0.126. The highest BCUT2D eigenvalue weighted by molar-refractivity contribution is 5.18. The molecule has 0 aliphatic carbocycles. The predicted octanol–water partition coefficient (Wildman–Crippen LogP) is 3.32. The molecule has 0 heterocycles. The molecule has 14 heavy (non-hydrogen) atoms. The van der Waals surface area contributed by atoms with Crippen molar-refractivity contribution in [2.75, 3.05) is 0 Å². The fourth-order valence-electron chi connectivity index (χ4n) is 1.64. The SMILES string of the molecule is C=C[C@H](CCC)[C@@H](O)c1ccccc1. The van der Waals surface area contributed by atoms with Crippen molar-refractivity contribution < 1.29 is 5.11 Å². The van der Waals surface area contributed by atoms with E-state index in [9.17, 15) is 5.11 Å². The van der Waals surface area contributed by atoms with Crippen molar-refractivity contribution in [2.24, 2.45) is 5.92 Å². The Morgan fingerprint density at radius 1 is 1.36 bits per heavy atom. The van der Waals surface area contributed by atoms with E-state index in [1.165, 1.54) is 0 Å². The number of aliphatic hydroxyl groups is 1. The summed E-state index contributed by atoms with van der Waals surface area (Å²) in [5.41, 5.74) is 0.978. The topological polar surface area (TPSA) is 20.2 Å². The number of aliphatic hydroxyl groups excluding tert-OH is 1. The van der Waals surface area contributed by atoms with Crippen molar-refractivity contribution in [3.8, 4) is 0 Å². The number of rotatable bonds is 5. The van der Waals surface area contributed by atoms with Gasteiger partial charge in [0.1, 0.15) is 0 Å². The molecule has 0 radical (unpaired) electrons. The summed E-state index contributed by atoms with van der Waals surface area (Å²) < 4.78 is 0. The third kappa shape index (κ3) is 2.71. The molecule has 0 aromatic heterocycles. The van der Waals surface area contributed by atoms with Crippen LogP contribution in [0.2, 0.25) is 0 Å². The largest absolute Gasteiger partial charge is 0.388 e. The van der Waals surface area contributed by atoms with E-state index in [0.717, 1.165) is 18.4 Å². The molecule has 0 unspecified atom stereocenters. The highest BCUT2D eigenvalue weighted by atomic mass is 16.3. The standard InChI is InChI=1S/C13H18O/c1-3-8-11(4-2)13(14)12-9-6-5-7-10-12/h4-7,9-11,13-14H,2-3,8H2,1H3/t11-,13-/m1/s1. The number of hydrogen-bond acceptors (Lipinski definition) is 1. The second-order valence-electron chi connectivity index (χ2n) is 3.54. The van der Waals surface area contributed by atoms with Gasteiger partial charge in [0.2, 0.25) is 0 Å². The minimum absolute atomic E-state index is 0.169. The monoisotopic (exact) mass is 190 g/mol. The molecule has 0 amide bonds. The van der Waals surface area contributed by atoms with Gasteiger partial charge in [0.05, 0.1) is 6.10 Å². The molecule has 1 rings (SSSR count). The number of benzene rings is 1. The molecule has 0 spiro atoms. The molecule has 0 aliphatic rings. The molecule has 0 saturated heterocycles. The van der Waals surface area contributed by atoms with Gasteiger partial charge in [-0.3, -0.25) is 0 Å². The molecule has 0 aliphatic heterocycles. The van der Waals surface area contributed by atoms with Crippen LogP contribution in [0.25, 0.3) is 0 Å². The summed E-state index contributed by atoms with van der Waals surface area (Å²) in [5.74, 6) is 0.169. The number of hydrogen-bond donors (Lipinski definition) is 1. The summed E-state index contributed by atoms with van der Waals surface area (Å²) in [7, 11) is 0. The third-order valence-corrected chi connectivity index (χ3v) is 2.47. The molecule has 0 saturated carbocycles. The molecule has 76 valence electrons. The molecule has 1 aromatic rings. The summed E-state index contributed by atoms with van der Waals surface area (Å²) in [5, 5.41) is 10.0. The van der Waals surface area contributed by atoms with Crippen LogP contribution in [-0.2, 0) is 0 Å². The second kappa shape index (κ2) is 5.61. The molecule has 0 bridgehead atoms. The summed E-state index contributed by atoms with van der Waals surface area (Å²) in [6.07, 6.45) is 3.50. The van der Waals surface area contributed by atoms with Gasteiger partial charge in [-0.05, 0) is 12.0 Å². The Kier molecular flexibility index (Phi) is 4.41. The maximum atomic E-state index is 10.0. The van der Waals surface area contributed by atoms with Crippen molar-refractivity contribution in [3.63, 3.8) is 0 Å². The van der Waals surface area contributed by atoms with Crippen LogP contribution in [0.1, 0.15) is 31.4 Å². The average molecular weight is 190 g/mol. The van der Waals surface area contributed by atoms with E-state index in [1.807, 2.05) is 36.4 Å². The van der Waals surface area contributed by atoms with Gasteiger partial charge in [-0.15, -0.1) is 6.58 Å². The van der Waals surface area contributed by atoms with Crippen molar-refractivity contribution >= 4 is 0 Å². The van der Waals surface area contributed by atoms with Crippen LogP contribution in [0.4, 0.5) is 0 Å². The van der Waals surface area contributed by atoms with Crippen LogP contribution in [0, 0.1) is 5.92 Å². The van der Waals surface area contributed by atoms with Crippen molar-refractivity contribution in [3.05, 3.63) is 48.6 Å². The smallest absolute Gasteiger partial charge is 0.0852 e. The Labute approximate surface area is 86.1 Å². The summed E-state index contributed by atoms with van der Waals surface area (Å²) in [6.45, 7) is 5.89. The zero-order valence-electron chi connectivity index (χ0n) is 8.69. The van der Waals surface area contributed by atoms with E-state index >= 15 is 0 Å². The van der Waals surface area contributed by atoms with Gasteiger partial charge in [-0.25, -0.2) is 0 Å². The summed E-state index contributed by atoms with van der Waals surface area (Å²) >= 11 is 0. The summed E-state index contributed by atoms with van der Waals surface area (Å²) in [4.78, 5) is 0. The van der Waals surface area contributed by atoms with Gasteiger partial charge in [0.25, 0.3) is 0 Å². The minimum atomic E-state index is -0.409. The van der Waals surface area contributed by atoms with E-state index < -0.39 is 6.10 Å². The zero-order chi connectivity index (χ0) is 10.4. The molecule has 1 aromatic carbocycles. The molecular formula is C13H18O. The van der Waals surface area contributed by atoms with Gasteiger partial charge >= 0.3 is 0 Å². The van der Waals surface area contributed by atoms with Crippen LogP contribution in [-0.4, -0.2) is 5.11 Å². The van der Waals surface area contributed by atoms with Crippen molar-refractivity contribution in [1.29, 1.82) is 0 Å². The molecular weight excluding hydrogens is 172 g/mol. The quantitative estimate of drug-likeness (QED) is 0.706. The van der Waals surface area contributed by atoms with Crippen LogP contribution in [0.15, 0.2) is 43.0 Å². The fraction of sp³-hybridized carbons (Fsp3) is 0.385. The first kappa shape index (κ1) is 11.0. The van der Waals surface area contributed by atoms with Crippen LogP contribution >= 0.6 is 0 Å². The van der Waals surface area contributed by atoms with Gasteiger partial charge in [-0.1, -0.05) is 49.8 Å². The lowest BCUT2D eigenvalue weighted by Crippen LogP contribution is -2.09. The van der Waals surface area contributed by atoms with E-state index in [1.54, 1.807) is 0 Å². The highest BCUT2D eigenvalue weighted by Gasteiger charge is 2.16. The van der Waals surface area contributed by atoms with Crippen molar-refractivity contribution in [2.45, 2.75) is 25.9 Å². The maximum Gasteiger partial charge on any atom is 0.0852 e. The van der Waals surface area contributed by atoms with E-state index in [2.05, 4.69) is 13.5 Å². The Bertz CT molecular complexity index is 266. The average Bonchev–Trinajstić information content (AvgIpc) is 2.26. The van der Waals surface area contributed by atoms with Gasteiger partial charge in [0, 0.05) is 5.92 Å². The Morgan fingerprint density at radius 3 is 2.50 bits per heavy atom. The second-order valence-corrected chi connectivity index (χ2v) is 3.54. The first-order valence-electron chi connectivity index (χ1n) is 5.15. The van der Waals surface area contributed by atoms with E-state index in [0.29, 0.717) is 0 Å². The molecule has 0 fully saturated rings. The van der Waals surface area contributed by atoms with Crippen LogP contribution in [0.5, 0.6) is 0 Å². The highest BCUT2D eigenvalue weighted by Crippen LogP contribution is 2.26. The third-order valence-electron chi connectivity index (χ3n) is 2.47. The van der Waals surface area contributed by atoms with Gasteiger partial charge < -0.3 is 5.11 Å². The molecule has 2 atom stereocenters. The van der Waals surface area contributed by atoms with Crippen LogP contribution in [0.3, 0.4) is 0 Å². The van der Waals surface area contributed by atoms with Gasteiger partial charge in [-0.2, -0.15) is 0 Å². The Morgan fingerprint density at radius 2 is 2.00 bits per heavy atom. The normalized spacial score (nSPS) is 14.7. The Balaban J connectivity index is 2.72. The summed E-state index contributed by atoms with van der Waals surface area (Å²) in [6, 6.07) is 9.77. The van der Waals surface area contributed by atoms with E-state index in [-0.39, 0.29) is 5.92 Å². The maximum absolute atomic E-state index is 10.0. The van der Waals surface area contributed by atoms with Crippen molar-refractivity contribution in [1.82, 2.24) is 0 Å². The Hall–Kier alpha value is -1.08. The fourth-order valence-corrected chi connectivity index (χ4v) is 1.64. The molecule has 1 N–H and O–H groups in total. The first-order valence-corrected chi connectivity index (χ1v) is 5.15. The molecule has 1 nitrogen and oxygen atoms in total.